The van der Waals surface area contributed by atoms with Gasteiger partial charge in [-0.2, -0.15) is 5.10 Å². The van der Waals surface area contributed by atoms with Gasteiger partial charge in [-0.1, -0.05) is 12.1 Å². The van der Waals surface area contributed by atoms with Gasteiger partial charge in [0.2, 0.25) is 0 Å². The summed E-state index contributed by atoms with van der Waals surface area (Å²) in [7, 11) is 0. The first-order chi connectivity index (χ1) is 11.9. The Bertz CT molecular complexity index is 862. The Labute approximate surface area is 141 Å². The molecule has 0 radical (unpaired) electrons. The molecular formula is C19H23N5. The zero-order valence-electron chi connectivity index (χ0n) is 13.9. The normalized spacial score (nSPS) is 21.4. The second kappa shape index (κ2) is 5.74. The maximum absolute atomic E-state index is 4.67. The highest BCUT2D eigenvalue weighted by atomic mass is 15.2. The van der Waals surface area contributed by atoms with Gasteiger partial charge in [0.05, 0.1) is 23.7 Å². The molecule has 0 amide bonds. The first kappa shape index (κ1) is 14.2. The predicted molar refractivity (Wildman–Crippen MR) is 93.9 cm³/mol. The Kier molecular flexibility index (Phi) is 3.40. The molecule has 0 bridgehead atoms. The van der Waals surface area contributed by atoms with Crippen molar-refractivity contribution in [1.82, 2.24) is 24.6 Å². The van der Waals surface area contributed by atoms with Crippen molar-refractivity contribution in [3.8, 4) is 0 Å². The first-order valence-corrected chi connectivity index (χ1v) is 9.06. The molecule has 5 heteroatoms. The first-order valence-electron chi connectivity index (χ1n) is 9.06. The fourth-order valence-corrected chi connectivity index (χ4v) is 4.33. The van der Waals surface area contributed by atoms with Gasteiger partial charge in [-0.25, -0.2) is 4.98 Å². The van der Waals surface area contributed by atoms with Crippen LogP contribution in [0.3, 0.4) is 0 Å². The number of fused-ring (bicyclic) bond motifs is 2. The maximum Gasteiger partial charge on any atom is 0.0954 e. The largest absolute Gasteiger partial charge is 0.330 e. The summed E-state index contributed by atoms with van der Waals surface area (Å²) in [6.07, 6.45) is 10.2. The SMILES string of the molecule is c1cc2cn[nH]c2cc1CN1CC[C@@H](n2cnc3c2CCCC3)C1. The summed E-state index contributed by atoms with van der Waals surface area (Å²) in [5.41, 5.74) is 5.35. The van der Waals surface area contributed by atoms with Crippen molar-refractivity contribution in [2.45, 2.75) is 44.7 Å². The highest BCUT2D eigenvalue weighted by molar-refractivity contribution is 5.78. The van der Waals surface area contributed by atoms with Gasteiger partial charge in [0.25, 0.3) is 0 Å². The Morgan fingerprint density at radius 1 is 1.21 bits per heavy atom. The number of nitrogens with zero attached hydrogens (tertiary/aromatic N) is 4. The number of hydrogen-bond acceptors (Lipinski definition) is 3. The molecule has 5 nitrogen and oxygen atoms in total. The van der Waals surface area contributed by atoms with Gasteiger partial charge in [0.1, 0.15) is 0 Å². The van der Waals surface area contributed by atoms with Crippen LogP contribution < -0.4 is 0 Å². The van der Waals surface area contributed by atoms with E-state index in [9.17, 15) is 0 Å². The third kappa shape index (κ3) is 2.44. The number of aromatic nitrogens is 4. The smallest absolute Gasteiger partial charge is 0.0954 e. The van der Waals surface area contributed by atoms with E-state index in [2.05, 4.69) is 49.2 Å². The minimum absolute atomic E-state index is 0.593. The van der Waals surface area contributed by atoms with Crippen molar-refractivity contribution in [1.29, 1.82) is 0 Å². The molecule has 0 spiro atoms. The molecule has 124 valence electrons. The van der Waals surface area contributed by atoms with Crippen molar-refractivity contribution in [3.05, 3.63) is 47.7 Å². The van der Waals surface area contributed by atoms with Crippen LogP contribution in [0.4, 0.5) is 0 Å². The molecule has 3 aromatic rings. The third-order valence-electron chi connectivity index (χ3n) is 5.61. The summed E-state index contributed by atoms with van der Waals surface area (Å²) < 4.78 is 2.48. The van der Waals surface area contributed by atoms with Crippen LogP contribution in [0.15, 0.2) is 30.7 Å². The standard InChI is InChI=1S/C19H23N5/c1-2-4-19-17(3-1)20-13-24(19)16-7-8-23(12-16)11-14-5-6-15-10-21-22-18(15)9-14/h5-6,9-10,13,16H,1-4,7-8,11-12H2,(H,21,22)/t16-/m1/s1. The van der Waals surface area contributed by atoms with Crippen LogP contribution in [0, 0.1) is 0 Å². The van der Waals surface area contributed by atoms with Crippen molar-refractivity contribution < 1.29 is 0 Å². The lowest BCUT2D eigenvalue weighted by Gasteiger charge is -2.20. The molecule has 1 fully saturated rings. The van der Waals surface area contributed by atoms with E-state index in [-0.39, 0.29) is 0 Å². The number of rotatable bonds is 3. The lowest BCUT2D eigenvalue weighted by atomic mass is 10.0. The quantitative estimate of drug-likeness (QED) is 0.806. The number of aromatic amines is 1. The van der Waals surface area contributed by atoms with Gasteiger partial charge < -0.3 is 4.57 Å². The highest BCUT2D eigenvalue weighted by Gasteiger charge is 2.27. The third-order valence-corrected chi connectivity index (χ3v) is 5.61. The monoisotopic (exact) mass is 321 g/mol. The van der Waals surface area contributed by atoms with E-state index < -0.39 is 0 Å². The van der Waals surface area contributed by atoms with Crippen LogP contribution in [0.1, 0.15) is 42.3 Å². The predicted octanol–water partition coefficient (Wildman–Crippen LogP) is 3.09. The van der Waals surface area contributed by atoms with E-state index in [1.54, 1.807) is 0 Å². The highest BCUT2D eigenvalue weighted by Crippen LogP contribution is 2.29. The summed E-state index contributed by atoms with van der Waals surface area (Å²) in [4.78, 5) is 7.24. The molecule has 1 saturated heterocycles. The molecule has 1 aliphatic carbocycles. The van der Waals surface area contributed by atoms with E-state index in [0.717, 1.165) is 18.6 Å². The van der Waals surface area contributed by atoms with Crippen LogP contribution in [0.5, 0.6) is 0 Å². The number of benzene rings is 1. The fourth-order valence-electron chi connectivity index (χ4n) is 4.33. The molecule has 2 aromatic heterocycles. The minimum Gasteiger partial charge on any atom is -0.330 e. The Hall–Kier alpha value is -2.14. The van der Waals surface area contributed by atoms with Gasteiger partial charge in [0, 0.05) is 36.8 Å². The van der Waals surface area contributed by atoms with E-state index >= 15 is 0 Å². The number of aryl methyl sites for hydroxylation is 1. The number of likely N-dealkylation sites (tertiary alicyclic amines) is 1. The molecule has 1 aromatic carbocycles. The maximum atomic E-state index is 4.67. The molecule has 1 atom stereocenters. The topological polar surface area (TPSA) is 49.7 Å². The molecule has 0 unspecified atom stereocenters. The Balaban J connectivity index is 1.31. The van der Waals surface area contributed by atoms with Gasteiger partial charge in [-0.05, 0) is 43.7 Å². The average molecular weight is 321 g/mol. The molecule has 2 aliphatic rings. The summed E-state index contributed by atoms with van der Waals surface area (Å²) >= 11 is 0. The fraction of sp³-hybridized carbons (Fsp3) is 0.474. The molecule has 24 heavy (non-hydrogen) atoms. The molecule has 3 heterocycles. The molecule has 1 N–H and O–H groups in total. The van der Waals surface area contributed by atoms with Crippen LogP contribution in [0.25, 0.3) is 10.9 Å². The summed E-state index contributed by atoms with van der Waals surface area (Å²) in [5.74, 6) is 0. The van der Waals surface area contributed by atoms with Crippen LogP contribution in [-0.2, 0) is 19.4 Å². The summed E-state index contributed by atoms with van der Waals surface area (Å²) in [6.45, 7) is 3.31. The molecular weight excluding hydrogens is 298 g/mol. The molecule has 1 aliphatic heterocycles. The van der Waals surface area contributed by atoms with Gasteiger partial charge >= 0.3 is 0 Å². The number of H-pyrrole nitrogens is 1. The van der Waals surface area contributed by atoms with E-state index in [1.165, 1.54) is 61.0 Å². The Morgan fingerprint density at radius 3 is 3.17 bits per heavy atom. The van der Waals surface area contributed by atoms with Gasteiger partial charge in [-0.3, -0.25) is 10.00 Å². The van der Waals surface area contributed by atoms with Crippen LogP contribution in [0.2, 0.25) is 0 Å². The van der Waals surface area contributed by atoms with Gasteiger partial charge in [-0.15, -0.1) is 0 Å². The van der Waals surface area contributed by atoms with E-state index in [4.69, 9.17) is 0 Å². The number of hydrogen-bond donors (Lipinski definition) is 1. The molecule has 5 rings (SSSR count). The van der Waals surface area contributed by atoms with Crippen molar-refractivity contribution >= 4 is 10.9 Å². The van der Waals surface area contributed by atoms with Crippen molar-refractivity contribution in [3.63, 3.8) is 0 Å². The second-order valence-corrected chi connectivity index (χ2v) is 7.22. The second-order valence-electron chi connectivity index (χ2n) is 7.22. The van der Waals surface area contributed by atoms with Crippen molar-refractivity contribution in [2.24, 2.45) is 0 Å². The lowest BCUT2D eigenvalue weighted by Crippen LogP contribution is -2.22. The summed E-state index contributed by atoms with van der Waals surface area (Å²) in [6, 6.07) is 7.21. The van der Waals surface area contributed by atoms with Crippen LogP contribution in [-0.4, -0.2) is 37.7 Å². The number of nitrogens with one attached hydrogen (secondary N) is 1. The molecule has 0 saturated carbocycles. The minimum atomic E-state index is 0.593. The van der Waals surface area contributed by atoms with Crippen molar-refractivity contribution in [2.75, 3.05) is 13.1 Å². The van der Waals surface area contributed by atoms with E-state index in [1.807, 2.05) is 6.20 Å². The zero-order chi connectivity index (χ0) is 15.9. The summed E-state index contributed by atoms with van der Waals surface area (Å²) in [5, 5.41) is 8.36. The zero-order valence-corrected chi connectivity index (χ0v) is 13.9. The number of imidazole rings is 1. The van der Waals surface area contributed by atoms with Crippen LogP contribution >= 0.6 is 0 Å². The van der Waals surface area contributed by atoms with E-state index in [0.29, 0.717) is 6.04 Å². The average Bonchev–Trinajstić information content (AvgIpc) is 3.33. The lowest BCUT2D eigenvalue weighted by molar-refractivity contribution is 0.315. The van der Waals surface area contributed by atoms with Gasteiger partial charge in [0.15, 0.2) is 0 Å². The Morgan fingerprint density at radius 2 is 2.17 bits per heavy atom.